The SMILES string of the molecule is C=C(C)CC(NCC)c1ccc(C)c(OC)c1. The molecule has 0 saturated carbocycles. The van der Waals surface area contributed by atoms with Gasteiger partial charge in [-0.1, -0.05) is 24.6 Å². The number of ether oxygens (including phenoxy) is 1. The van der Waals surface area contributed by atoms with Gasteiger partial charge < -0.3 is 10.1 Å². The Bertz CT molecular complexity index is 385. The van der Waals surface area contributed by atoms with Crippen LogP contribution in [0.5, 0.6) is 5.75 Å². The Hall–Kier alpha value is -1.28. The summed E-state index contributed by atoms with van der Waals surface area (Å²) in [4.78, 5) is 0. The number of benzene rings is 1. The molecule has 2 nitrogen and oxygen atoms in total. The first-order valence-electron chi connectivity index (χ1n) is 6.10. The quantitative estimate of drug-likeness (QED) is 0.758. The normalized spacial score (nSPS) is 12.2. The molecule has 0 spiro atoms. The Labute approximate surface area is 105 Å². The second-order valence-electron chi connectivity index (χ2n) is 4.50. The van der Waals surface area contributed by atoms with Crippen molar-refractivity contribution >= 4 is 0 Å². The lowest BCUT2D eigenvalue weighted by Crippen LogP contribution is -2.21. The van der Waals surface area contributed by atoms with Gasteiger partial charge in [-0.3, -0.25) is 0 Å². The monoisotopic (exact) mass is 233 g/mol. The van der Waals surface area contributed by atoms with E-state index in [1.807, 2.05) is 0 Å². The van der Waals surface area contributed by atoms with Gasteiger partial charge in [0.15, 0.2) is 0 Å². The molecule has 0 bridgehead atoms. The highest BCUT2D eigenvalue weighted by molar-refractivity contribution is 5.38. The summed E-state index contributed by atoms with van der Waals surface area (Å²) in [6, 6.07) is 6.71. The van der Waals surface area contributed by atoms with E-state index >= 15 is 0 Å². The molecule has 0 amide bonds. The lowest BCUT2D eigenvalue weighted by molar-refractivity contribution is 0.410. The van der Waals surface area contributed by atoms with Crippen molar-refractivity contribution in [2.24, 2.45) is 0 Å². The van der Waals surface area contributed by atoms with Crippen molar-refractivity contribution in [1.29, 1.82) is 0 Å². The number of hydrogen-bond acceptors (Lipinski definition) is 2. The molecule has 1 aromatic carbocycles. The van der Waals surface area contributed by atoms with Crippen molar-refractivity contribution in [2.75, 3.05) is 13.7 Å². The molecule has 1 unspecified atom stereocenters. The van der Waals surface area contributed by atoms with Crippen LogP contribution in [0.15, 0.2) is 30.4 Å². The molecule has 0 radical (unpaired) electrons. The van der Waals surface area contributed by atoms with Gasteiger partial charge in [-0.2, -0.15) is 0 Å². The zero-order valence-electron chi connectivity index (χ0n) is 11.3. The molecule has 1 rings (SSSR count). The van der Waals surface area contributed by atoms with E-state index in [1.165, 1.54) is 16.7 Å². The summed E-state index contributed by atoms with van der Waals surface area (Å²) in [5.41, 5.74) is 3.62. The number of hydrogen-bond donors (Lipinski definition) is 1. The first-order chi connectivity index (χ1) is 8.08. The van der Waals surface area contributed by atoms with E-state index in [-0.39, 0.29) is 0 Å². The summed E-state index contributed by atoms with van der Waals surface area (Å²) >= 11 is 0. The molecule has 2 heteroatoms. The highest BCUT2D eigenvalue weighted by atomic mass is 16.5. The maximum atomic E-state index is 5.37. The Kier molecular flexibility index (Phi) is 5.23. The fourth-order valence-corrected chi connectivity index (χ4v) is 1.96. The van der Waals surface area contributed by atoms with Crippen molar-refractivity contribution in [3.63, 3.8) is 0 Å². The lowest BCUT2D eigenvalue weighted by atomic mass is 9.99. The van der Waals surface area contributed by atoms with E-state index in [4.69, 9.17) is 4.74 Å². The highest BCUT2D eigenvalue weighted by Crippen LogP contribution is 2.26. The third-order valence-corrected chi connectivity index (χ3v) is 2.84. The van der Waals surface area contributed by atoms with E-state index in [0.717, 1.165) is 18.7 Å². The first-order valence-corrected chi connectivity index (χ1v) is 6.10. The van der Waals surface area contributed by atoms with Gasteiger partial charge in [0.25, 0.3) is 0 Å². The summed E-state index contributed by atoms with van der Waals surface area (Å²) in [5.74, 6) is 0.951. The molecule has 0 fully saturated rings. The van der Waals surface area contributed by atoms with Gasteiger partial charge in [0.2, 0.25) is 0 Å². The van der Waals surface area contributed by atoms with Crippen molar-refractivity contribution in [2.45, 2.75) is 33.2 Å². The second kappa shape index (κ2) is 6.45. The molecule has 0 heterocycles. The van der Waals surface area contributed by atoms with E-state index < -0.39 is 0 Å². The predicted molar refractivity (Wildman–Crippen MR) is 73.6 cm³/mol. The van der Waals surface area contributed by atoms with Crippen LogP contribution in [0.3, 0.4) is 0 Å². The fraction of sp³-hybridized carbons (Fsp3) is 0.467. The summed E-state index contributed by atoms with van der Waals surface area (Å²) in [6.07, 6.45) is 0.958. The first kappa shape index (κ1) is 13.8. The fourth-order valence-electron chi connectivity index (χ4n) is 1.96. The Balaban J connectivity index is 2.96. The summed E-state index contributed by atoms with van der Waals surface area (Å²) in [5, 5.41) is 3.48. The molecule has 0 aromatic heterocycles. The van der Waals surface area contributed by atoms with Gasteiger partial charge in [-0.15, -0.1) is 6.58 Å². The van der Waals surface area contributed by atoms with Crippen LogP contribution in [0.1, 0.15) is 37.4 Å². The van der Waals surface area contributed by atoms with Crippen LogP contribution in [0, 0.1) is 6.92 Å². The second-order valence-corrected chi connectivity index (χ2v) is 4.50. The van der Waals surface area contributed by atoms with Gasteiger partial charge in [-0.05, 0) is 44.0 Å². The number of methoxy groups -OCH3 is 1. The van der Waals surface area contributed by atoms with E-state index in [0.29, 0.717) is 6.04 Å². The maximum absolute atomic E-state index is 5.37. The molecule has 0 aliphatic rings. The minimum absolute atomic E-state index is 0.326. The Morgan fingerprint density at radius 3 is 2.71 bits per heavy atom. The molecule has 1 atom stereocenters. The summed E-state index contributed by atoms with van der Waals surface area (Å²) in [6.45, 7) is 11.2. The predicted octanol–water partition coefficient (Wildman–Crippen LogP) is 3.62. The van der Waals surface area contributed by atoms with Gasteiger partial charge in [0, 0.05) is 6.04 Å². The molecular formula is C15H23NO. The molecule has 1 N–H and O–H groups in total. The topological polar surface area (TPSA) is 21.3 Å². The molecule has 94 valence electrons. The number of nitrogens with one attached hydrogen (secondary N) is 1. The number of aryl methyl sites for hydroxylation is 1. The lowest BCUT2D eigenvalue weighted by Gasteiger charge is -2.19. The van der Waals surface area contributed by atoms with E-state index in [9.17, 15) is 0 Å². The van der Waals surface area contributed by atoms with Crippen LogP contribution in [0.2, 0.25) is 0 Å². The van der Waals surface area contributed by atoms with Crippen molar-refractivity contribution in [3.8, 4) is 5.75 Å². The van der Waals surface area contributed by atoms with Gasteiger partial charge in [-0.25, -0.2) is 0 Å². The minimum atomic E-state index is 0.326. The summed E-state index contributed by atoms with van der Waals surface area (Å²) in [7, 11) is 1.72. The maximum Gasteiger partial charge on any atom is 0.122 e. The average molecular weight is 233 g/mol. The third kappa shape index (κ3) is 3.90. The van der Waals surface area contributed by atoms with Crippen LogP contribution < -0.4 is 10.1 Å². The van der Waals surface area contributed by atoms with Crippen LogP contribution in [-0.4, -0.2) is 13.7 Å². The Morgan fingerprint density at radius 1 is 1.47 bits per heavy atom. The molecule has 0 aliphatic carbocycles. The third-order valence-electron chi connectivity index (χ3n) is 2.84. The van der Waals surface area contributed by atoms with Gasteiger partial charge in [0.1, 0.15) is 5.75 Å². The largest absolute Gasteiger partial charge is 0.496 e. The van der Waals surface area contributed by atoms with Gasteiger partial charge in [0.05, 0.1) is 7.11 Å². The van der Waals surface area contributed by atoms with Crippen molar-refractivity contribution < 1.29 is 4.74 Å². The zero-order valence-corrected chi connectivity index (χ0v) is 11.3. The van der Waals surface area contributed by atoms with Crippen LogP contribution in [-0.2, 0) is 0 Å². The van der Waals surface area contributed by atoms with Crippen LogP contribution in [0.4, 0.5) is 0 Å². The zero-order chi connectivity index (χ0) is 12.8. The minimum Gasteiger partial charge on any atom is -0.496 e. The molecule has 17 heavy (non-hydrogen) atoms. The standard InChI is InChI=1S/C15H23NO/c1-6-16-14(9-11(2)3)13-8-7-12(4)15(10-13)17-5/h7-8,10,14,16H,2,6,9H2,1,3-5H3. The van der Waals surface area contributed by atoms with E-state index in [1.54, 1.807) is 7.11 Å². The smallest absolute Gasteiger partial charge is 0.122 e. The molecule has 0 saturated heterocycles. The molecular weight excluding hydrogens is 210 g/mol. The van der Waals surface area contributed by atoms with Crippen molar-refractivity contribution in [3.05, 3.63) is 41.5 Å². The summed E-state index contributed by atoms with van der Waals surface area (Å²) < 4.78 is 5.37. The van der Waals surface area contributed by atoms with E-state index in [2.05, 4.69) is 50.9 Å². The molecule has 1 aromatic rings. The van der Waals surface area contributed by atoms with Crippen LogP contribution in [0.25, 0.3) is 0 Å². The van der Waals surface area contributed by atoms with Gasteiger partial charge >= 0.3 is 0 Å². The highest BCUT2D eigenvalue weighted by Gasteiger charge is 2.12. The number of rotatable bonds is 6. The van der Waals surface area contributed by atoms with Crippen LogP contribution >= 0.6 is 0 Å². The van der Waals surface area contributed by atoms with Crippen molar-refractivity contribution in [1.82, 2.24) is 5.32 Å². The molecule has 0 aliphatic heterocycles. The Morgan fingerprint density at radius 2 is 2.18 bits per heavy atom. The average Bonchev–Trinajstić information content (AvgIpc) is 2.28.